The molecule has 3 aromatic rings. The Kier molecular flexibility index (Phi) is 2.01. The number of rotatable bonds is 1. The van der Waals surface area contributed by atoms with E-state index >= 15 is 0 Å². The first kappa shape index (κ1) is 10.0. The van der Waals surface area contributed by atoms with E-state index in [-0.39, 0.29) is 0 Å². The van der Waals surface area contributed by atoms with Crippen LogP contribution < -0.4 is 0 Å². The van der Waals surface area contributed by atoms with Crippen molar-refractivity contribution in [1.82, 2.24) is 24.7 Å². The lowest BCUT2D eigenvalue weighted by Gasteiger charge is -1.95. The van der Waals surface area contributed by atoms with E-state index in [1.807, 2.05) is 43.8 Å². The number of aryl methyl sites for hydroxylation is 3. The van der Waals surface area contributed by atoms with Gasteiger partial charge < -0.3 is 4.98 Å². The summed E-state index contributed by atoms with van der Waals surface area (Å²) < 4.78 is 1.82. The average Bonchev–Trinajstić information content (AvgIpc) is 2.80. The first-order chi connectivity index (χ1) is 8.13. The Labute approximate surface area is 98.5 Å². The molecule has 3 heterocycles. The normalized spacial score (nSPS) is 11.2. The summed E-state index contributed by atoms with van der Waals surface area (Å²) in [5, 5.41) is 4.31. The highest BCUT2D eigenvalue weighted by Gasteiger charge is 2.10. The van der Waals surface area contributed by atoms with Crippen LogP contribution in [0.4, 0.5) is 0 Å². The number of nitrogens with zero attached hydrogens (tertiary/aromatic N) is 4. The number of hydrogen-bond acceptors (Lipinski definition) is 3. The molecule has 0 spiro atoms. The molecule has 0 fully saturated rings. The Balaban J connectivity index is 2.21. The largest absolute Gasteiger partial charge is 0.335 e. The number of hydrogen-bond donors (Lipinski definition) is 1. The number of H-pyrrole nitrogens is 1. The molecule has 0 aliphatic rings. The maximum Gasteiger partial charge on any atom is 0.178 e. The summed E-state index contributed by atoms with van der Waals surface area (Å²) in [6, 6.07) is 5.97. The summed E-state index contributed by atoms with van der Waals surface area (Å²) >= 11 is 0. The van der Waals surface area contributed by atoms with Crippen molar-refractivity contribution >= 4 is 11.2 Å². The van der Waals surface area contributed by atoms with Gasteiger partial charge >= 0.3 is 0 Å². The lowest BCUT2D eigenvalue weighted by atomic mass is 10.3. The summed E-state index contributed by atoms with van der Waals surface area (Å²) in [6.07, 6.45) is 0. The lowest BCUT2D eigenvalue weighted by molar-refractivity contribution is 0.760. The maximum atomic E-state index is 4.49. The Morgan fingerprint density at radius 3 is 2.65 bits per heavy atom. The minimum atomic E-state index is 0.749. The van der Waals surface area contributed by atoms with Crippen LogP contribution in [-0.2, 0) is 7.05 Å². The van der Waals surface area contributed by atoms with E-state index in [0.717, 1.165) is 34.1 Å². The molecule has 3 aromatic heterocycles. The molecule has 0 aliphatic heterocycles. The van der Waals surface area contributed by atoms with Gasteiger partial charge in [-0.3, -0.25) is 4.68 Å². The van der Waals surface area contributed by atoms with Crippen molar-refractivity contribution in [1.29, 1.82) is 0 Å². The van der Waals surface area contributed by atoms with E-state index in [1.165, 1.54) is 0 Å². The van der Waals surface area contributed by atoms with Crippen molar-refractivity contribution in [3.63, 3.8) is 0 Å². The number of imidazole rings is 1. The fraction of sp³-hybridized carbons (Fsp3) is 0.250. The van der Waals surface area contributed by atoms with Gasteiger partial charge in [-0.05, 0) is 32.0 Å². The molecule has 0 bridgehead atoms. The fourth-order valence-electron chi connectivity index (χ4n) is 1.94. The van der Waals surface area contributed by atoms with Crippen LogP contribution in [0.25, 0.3) is 22.7 Å². The maximum absolute atomic E-state index is 4.49. The van der Waals surface area contributed by atoms with Gasteiger partial charge in [0.25, 0.3) is 0 Å². The molecule has 1 N–H and O–H groups in total. The molecule has 17 heavy (non-hydrogen) atoms. The van der Waals surface area contributed by atoms with Gasteiger partial charge in [0, 0.05) is 12.7 Å². The number of pyridine rings is 1. The zero-order valence-corrected chi connectivity index (χ0v) is 10.0. The van der Waals surface area contributed by atoms with Crippen LogP contribution in [-0.4, -0.2) is 24.7 Å². The third-order valence-corrected chi connectivity index (χ3v) is 2.73. The molecule has 0 saturated heterocycles. The number of aromatic nitrogens is 5. The summed E-state index contributed by atoms with van der Waals surface area (Å²) in [6.45, 7) is 3.93. The van der Waals surface area contributed by atoms with Gasteiger partial charge in [-0.1, -0.05) is 0 Å². The van der Waals surface area contributed by atoms with Gasteiger partial charge in [0.05, 0.1) is 11.2 Å². The minimum absolute atomic E-state index is 0.749. The van der Waals surface area contributed by atoms with Gasteiger partial charge in [0.2, 0.25) is 0 Å². The van der Waals surface area contributed by atoms with Crippen LogP contribution >= 0.6 is 0 Å². The van der Waals surface area contributed by atoms with Crippen molar-refractivity contribution < 1.29 is 0 Å². The van der Waals surface area contributed by atoms with Gasteiger partial charge in [-0.25, -0.2) is 9.97 Å². The Morgan fingerprint density at radius 1 is 1.12 bits per heavy atom. The van der Waals surface area contributed by atoms with Crippen molar-refractivity contribution in [2.24, 2.45) is 7.05 Å². The SMILES string of the molecule is Cc1ccc2[nH]c(-c3cc(C)nn3C)nc2n1. The van der Waals surface area contributed by atoms with E-state index < -0.39 is 0 Å². The van der Waals surface area contributed by atoms with Crippen molar-refractivity contribution in [3.05, 3.63) is 29.6 Å². The Hall–Kier alpha value is -2.17. The van der Waals surface area contributed by atoms with Crippen LogP contribution in [0.2, 0.25) is 0 Å². The number of fused-ring (bicyclic) bond motifs is 1. The zero-order chi connectivity index (χ0) is 12.0. The smallest absolute Gasteiger partial charge is 0.178 e. The second-order valence-corrected chi connectivity index (χ2v) is 4.20. The molecule has 0 aromatic carbocycles. The first-order valence-corrected chi connectivity index (χ1v) is 5.48. The zero-order valence-electron chi connectivity index (χ0n) is 10.0. The van der Waals surface area contributed by atoms with Crippen LogP contribution in [0.15, 0.2) is 18.2 Å². The predicted molar refractivity (Wildman–Crippen MR) is 65.6 cm³/mol. The van der Waals surface area contributed by atoms with Crippen LogP contribution in [0.1, 0.15) is 11.4 Å². The predicted octanol–water partition coefficient (Wildman–Crippen LogP) is 1.98. The minimum Gasteiger partial charge on any atom is -0.335 e. The summed E-state index contributed by atoms with van der Waals surface area (Å²) in [7, 11) is 1.91. The number of nitrogens with one attached hydrogen (secondary N) is 1. The van der Waals surface area contributed by atoms with Crippen molar-refractivity contribution in [3.8, 4) is 11.5 Å². The van der Waals surface area contributed by atoms with Crippen molar-refractivity contribution in [2.75, 3.05) is 0 Å². The fourth-order valence-corrected chi connectivity index (χ4v) is 1.94. The molecule has 0 radical (unpaired) electrons. The standard InChI is InChI=1S/C12H13N5/c1-7-4-5-9-11(13-7)15-12(14-9)10-6-8(2)16-17(10)3/h4-6H,1-3H3,(H,13,14,15). The van der Waals surface area contributed by atoms with Gasteiger partial charge in [-0.15, -0.1) is 0 Å². The van der Waals surface area contributed by atoms with E-state index in [4.69, 9.17) is 0 Å². The summed E-state index contributed by atoms with van der Waals surface area (Å²) in [5.41, 5.74) is 4.62. The highest BCUT2D eigenvalue weighted by Crippen LogP contribution is 2.19. The molecule has 5 nitrogen and oxygen atoms in total. The average molecular weight is 227 g/mol. The molecule has 0 atom stereocenters. The Morgan fingerprint density at radius 2 is 1.94 bits per heavy atom. The van der Waals surface area contributed by atoms with Gasteiger partial charge in [0.1, 0.15) is 5.69 Å². The molecule has 3 rings (SSSR count). The van der Waals surface area contributed by atoms with E-state index in [1.54, 1.807) is 0 Å². The van der Waals surface area contributed by atoms with Gasteiger partial charge in [-0.2, -0.15) is 5.10 Å². The van der Waals surface area contributed by atoms with E-state index in [9.17, 15) is 0 Å². The molecular weight excluding hydrogens is 214 g/mol. The second-order valence-electron chi connectivity index (χ2n) is 4.20. The second kappa shape index (κ2) is 3.41. The molecule has 0 saturated carbocycles. The highest BCUT2D eigenvalue weighted by atomic mass is 15.3. The molecule has 86 valence electrons. The molecule has 0 aliphatic carbocycles. The highest BCUT2D eigenvalue weighted by molar-refractivity contribution is 5.75. The third-order valence-electron chi connectivity index (χ3n) is 2.73. The topological polar surface area (TPSA) is 59.4 Å². The van der Waals surface area contributed by atoms with Crippen LogP contribution in [0.3, 0.4) is 0 Å². The Bertz CT molecular complexity index is 692. The lowest BCUT2D eigenvalue weighted by Crippen LogP contribution is -1.94. The molecule has 5 heteroatoms. The van der Waals surface area contributed by atoms with E-state index in [2.05, 4.69) is 20.1 Å². The number of aromatic amines is 1. The van der Waals surface area contributed by atoms with Crippen LogP contribution in [0.5, 0.6) is 0 Å². The first-order valence-electron chi connectivity index (χ1n) is 5.48. The van der Waals surface area contributed by atoms with Gasteiger partial charge in [0.15, 0.2) is 11.5 Å². The molecular formula is C12H13N5. The van der Waals surface area contributed by atoms with E-state index in [0.29, 0.717) is 0 Å². The third kappa shape index (κ3) is 1.60. The molecule has 0 amide bonds. The van der Waals surface area contributed by atoms with Crippen LogP contribution in [0, 0.1) is 13.8 Å². The molecule has 0 unspecified atom stereocenters. The monoisotopic (exact) mass is 227 g/mol. The van der Waals surface area contributed by atoms with Crippen molar-refractivity contribution in [2.45, 2.75) is 13.8 Å². The summed E-state index contributed by atoms with van der Waals surface area (Å²) in [4.78, 5) is 12.1. The summed E-state index contributed by atoms with van der Waals surface area (Å²) in [5.74, 6) is 0.807. The quantitative estimate of drug-likeness (QED) is 0.691.